The molecule has 0 aromatic carbocycles. The van der Waals surface area contributed by atoms with Crippen molar-refractivity contribution in [1.29, 1.82) is 0 Å². The Kier molecular flexibility index (Phi) is 2.96. The lowest BCUT2D eigenvalue weighted by Gasteiger charge is -2.28. The quantitative estimate of drug-likeness (QED) is 0.696. The van der Waals surface area contributed by atoms with Gasteiger partial charge in [0, 0.05) is 26.1 Å². The van der Waals surface area contributed by atoms with Crippen molar-refractivity contribution in [2.75, 3.05) is 20.1 Å². The average Bonchev–Trinajstić information content (AvgIpc) is 2.34. The highest BCUT2D eigenvalue weighted by Gasteiger charge is 2.24. The van der Waals surface area contributed by atoms with Crippen molar-refractivity contribution in [1.82, 2.24) is 4.90 Å². The van der Waals surface area contributed by atoms with Gasteiger partial charge in [0.2, 0.25) is 0 Å². The third kappa shape index (κ3) is 2.69. The summed E-state index contributed by atoms with van der Waals surface area (Å²) >= 11 is 0. The maximum Gasteiger partial charge on any atom is 0.100 e. The van der Waals surface area contributed by atoms with Gasteiger partial charge in [0.1, 0.15) is 5.84 Å². The second-order valence-electron chi connectivity index (χ2n) is 4.90. The molecule has 3 nitrogen and oxygen atoms in total. The molecule has 1 rings (SSSR count). The summed E-state index contributed by atoms with van der Waals surface area (Å²) < 4.78 is 0. The van der Waals surface area contributed by atoms with Crippen LogP contribution in [0.3, 0.4) is 0 Å². The van der Waals surface area contributed by atoms with Crippen LogP contribution < -0.4 is 5.73 Å². The van der Waals surface area contributed by atoms with E-state index in [2.05, 4.69) is 37.7 Å². The highest BCUT2D eigenvalue weighted by atomic mass is 15.2. The van der Waals surface area contributed by atoms with Gasteiger partial charge in [-0.1, -0.05) is 20.8 Å². The Balaban J connectivity index is 2.49. The molecule has 3 heteroatoms. The molecule has 0 fully saturated rings. The molecular weight excluding hydrogens is 162 g/mol. The molecule has 1 aliphatic heterocycles. The van der Waals surface area contributed by atoms with Crippen LogP contribution in [-0.2, 0) is 0 Å². The Bertz CT molecular complexity index is 203. The van der Waals surface area contributed by atoms with Crippen LogP contribution in [0.15, 0.2) is 4.99 Å². The van der Waals surface area contributed by atoms with E-state index in [0.717, 1.165) is 19.5 Å². The van der Waals surface area contributed by atoms with Crippen LogP contribution in [-0.4, -0.2) is 36.9 Å². The molecule has 1 atom stereocenters. The third-order valence-corrected chi connectivity index (χ3v) is 2.69. The minimum absolute atomic E-state index is 0.173. The molecule has 0 saturated heterocycles. The van der Waals surface area contributed by atoms with E-state index in [9.17, 15) is 0 Å². The number of amidine groups is 1. The molecule has 76 valence electrons. The van der Waals surface area contributed by atoms with Gasteiger partial charge in [-0.05, 0) is 5.41 Å². The van der Waals surface area contributed by atoms with Gasteiger partial charge in [-0.15, -0.1) is 0 Å². The summed E-state index contributed by atoms with van der Waals surface area (Å²) in [5.74, 6) is 1.17. The highest BCUT2D eigenvalue weighted by Crippen LogP contribution is 2.21. The number of nitrogens with zero attached hydrogens (tertiary/aromatic N) is 2. The fraction of sp³-hybridized carbons (Fsp3) is 0.900. The number of aliphatic imine (C=N–C) groups is 1. The maximum absolute atomic E-state index is 6.09. The van der Waals surface area contributed by atoms with E-state index in [1.165, 1.54) is 5.84 Å². The zero-order valence-corrected chi connectivity index (χ0v) is 9.17. The topological polar surface area (TPSA) is 41.6 Å². The molecular formula is C10H21N3. The van der Waals surface area contributed by atoms with Crippen molar-refractivity contribution in [2.24, 2.45) is 16.1 Å². The van der Waals surface area contributed by atoms with Gasteiger partial charge < -0.3 is 10.6 Å². The zero-order valence-electron chi connectivity index (χ0n) is 9.17. The first-order valence-corrected chi connectivity index (χ1v) is 4.91. The summed E-state index contributed by atoms with van der Waals surface area (Å²) in [4.78, 5) is 6.63. The molecule has 2 N–H and O–H groups in total. The van der Waals surface area contributed by atoms with Gasteiger partial charge in [0.25, 0.3) is 0 Å². The van der Waals surface area contributed by atoms with Crippen molar-refractivity contribution in [3.8, 4) is 0 Å². The third-order valence-electron chi connectivity index (χ3n) is 2.69. The molecule has 0 saturated carbocycles. The zero-order chi connectivity index (χ0) is 10.1. The van der Waals surface area contributed by atoms with Crippen molar-refractivity contribution in [3.05, 3.63) is 0 Å². The van der Waals surface area contributed by atoms with Crippen LogP contribution in [0.25, 0.3) is 0 Å². The number of hydrogen-bond acceptors (Lipinski definition) is 3. The summed E-state index contributed by atoms with van der Waals surface area (Å²) in [6, 6.07) is 0.201. The fourth-order valence-corrected chi connectivity index (χ4v) is 1.30. The van der Waals surface area contributed by atoms with Crippen LogP contribution in [0, 0.1) is 5.41 Å². The lowest BCUT2D eigenvalue weighted by Crippen LogP contribution is -2.39. The van der Waals surface area contributed by atoms with Gasteiger partial charge in [0.05, 0.1) is 6.54 Å². The normalized spacial score (nSPS) is 20.4. The molecule has 0 aliphatic carbocycles. The summed E-state index contributed by atoms with van der Waals surface area (Å²) in [6.45, 7) is 8.50. The number of likely N-dealkylation sites (N-methyl/N-ethyl adjacent to an activating group) is 1. The van der Waals surface area contributed by atoms with Gasteiger partial charge in [0.15, 0.2) is 0 Å². The first-order chi connectivity index (χ1) is 5.91. The van der Waals surface area contributed by atoms with Crippen LogP contribution in [0.2, 0.25) is 0 Å². The summed E-state index contributed by atoms with van der Waals surface area (Å²) in [6.07, 6.45) is 0.903. The number of rotatable bonds is 2. The van der Waals surface area contributed by atoms with Crippen molar-refractivity contribution < 1.29 is 0 Å². The molecule has 0 aromatic rings. The lowest BCUT2D eigenvalue weighted by atomic mass is 9.85. The number of hydrogen-bond donors (Lipinski definition) is 1. The van der Waals surface area contributed by atoms with E-state index < -0.39 is 0 Å². The van der Waals surface area contributed by atoms with Gasteiger partial charge in [-0.25, -0.2) is 0 Å². The molecule has 0 radical (unpaired) electrons. The first-order valence-electron chi connectivity index (χ1n) is 4.91. The summed E-state index contributed by atoms with van der Waals surface area (Å²) in [7, 11) is 2.08. The van der Waals surface area contributed by atoms with Gasteiger partial charge >= 0.3 is 0 Å². The Labute approximate surface area is 81.0 Å². The smallest absolute Gasteiger partial charge is 0.100 e. The average molecular weight is 183 g/mol. The molecule has 1 heterocycles. The largest absolute Gasteiger partial charge is 0.362 e. The van der Waals surface area contributed by atoms with Crippen LogP contribution >= 0.6 is 0 Å². The molecule has 1 aliphatic rings. The molecule has 0 aromatic heterocycles. The molecule has 0 bridgehead atoms. The monoisotopic (exact) mass is 183 g/mol. The molecule has 0 spiro atoms. The van der Waals surface area contributed by atoms with Crippen molar-refractivity contribution >= 4 is 5.84 Å². The highest BCUT2D eigenvalue weighted by molar-refractivity contribution is 5.84. The van der Waals surface area contributed by atoms with E-state index in [1.807, 2.05) is 0 Å². The summed E-state index contributed by atoms with van der Waals surface area (Å²) in [5, 5.41) is 0. The minimum Gasteiger partial charge on any atom is -0.362 e. The van der Waals surface area contributed by atoms with E-state index in [-0.39, 0.29) is 11.5 Å². The van der Waals surface area contributed by atoms with E-state index in [0.29, 0.717) is 0 Å². The van der Waals surface area contributed by atoms with Crippen LogP contribution in [0.1, 0.15) is 27.2 Å². The van der Waals surface area contributed by atoms with E-state index in [4.69, 9.17) is 5.73 Å². The fourth-order valence-electron chi connectivity index (χ4n) is 1.30. The maximum atomic E-state index is 6.09. The van der Waals surface area contributed by atoms with Gasteiger partial charge in [-0.3, -0.25) is 4.99 Å². The number of nitrogens with two attached hydrogens (primary N) is 1. The van der Waals surface area contributed by atoms with Crippen LogP contribution in [0.4, 0.5) is 0 Å². The van der Waals surface area contributed by atoms with Gasteiger partial charge in [-0.2, -0.15) is 0 Å². The Morgan fingerprint density at radius 2 is 2.15 bits per heavy atom. The Morgan fingerprint density at radius 3 is 2.54 bits per heavy atom. The standard InChI is InChI=1S/C10H21N3/c1-10(2,3)8(11)7-9-12-5-6-13(9)4/h8H,5-7,11H2,1-4H3. The van der Waals surface area contributed by atoms with Crippen LogP contribution in [0.5, 0.6) is 0 Å². The first kappa shape index (κ1) is 10.5. The molecule has 13 heavy (non-hydrogen) atoms. The molecule has 1 unspecified atom stereocenters. The van der Waals surface area contributed by atoms with Crippen molar-refractivity contribution in [3.63, 3.8) is 0 Å². The summed E-state index contributed by atoms with van der Waals surface area (Å²) in [5.41, 5.74) is 6.26. The predicted octanol–water partition coefficient (Wildman–Crippen LogP) is 1.09. The second kappa shape index (κ2) is 3.66. The molecule has 0 amide bonds. The Morgan fingerprint density at radius 1 is 1.54 bits per heavy atom. The minimum atomic E-state index is 0.173. The Hall–Kier alpha value is -0.570. The lowest BCUT2D eigenvalue weighted by molar-refractivity contribution is 0.321. The predicted molar refractivity (Wildman–Crippen MR) is 57.0 cm³/mol. The second-order valence-corrected chi connectivity index (χ2v) is 4.90. The van der Waals surface area contributed by atoms with Crippen molar-refractivity contribution in [2.45, 2.75) is 33.2 Å². The SMILES string of the molecule is CN1CCN=C1CC(N)C(C)(C)C. The van der Waals surface area contributed by atoms with E-state index in [1.54, 1.807) is 0 Å². The van der Waals surface area contributed by atoms with E-state index >= 15 is 0 Å².